The van der Waals surface area contributed by atoms with Gasteiger partial charge >= 0.3 is 0 Å². The molecule has 6 rings (SSSR count). The Labute approximate surface area is 229 Å². The van der Waals surface area contributed by atoms with Crippen LogP contribution in [0.5, 0.6) is 0 Å². The molecule has 2 aromatic heterocycles. The van der Waals surface area contributed by atoms with Gasteiger partial charge in [-0.25, -0.2) is 0 Å². The maximum atomic E-state index is 6.03. The molecule has 2 heterocycles. The second kappa shape index (κ2) is 11.0. The fourth-order valence-corrected chi connectivity index (χ4v) is 3.99. The molecule has 4 aromatic carbocycles. The molecule has 0 amide bonds. The van der Waals surface area contributed by atoms with Crippen LogP contribution in [0.3, 0.4) is 0 Å². The molecule has 8 nitrogen and oxygen atoms in total. The van der Waals surface area contributed by atoms with Crippen molar-refractivity contribution in [2.75, 3.05) is 16.0 Å². The standard InChI is InChI=1S/C30H22ClN7O/c31-22-13-17-25(18-14-22)34-30-36-28(32-23-9-5-2-6-10-23)35-29(37-30)33-24-15-11-20(12-16-24)26-19-27(39-38-26)21-7-3-1-4-8-21/h1-19H,(H3,32,33,34,35,36,37). The van der Waals surface area contributed by atoms with Crippen LogP contribution in [0.15, 0.2) is 120 Å². The van der Waals surface area contributed by atoms with Gasteiger partial charge in [-0.1, -0.05) is 77.4 Å². The van der Waals surface area contributed by atoms with Crippen molar-refractivity contribution in [2.45, 2.75) is 0 Å². The first-order chi connectivity index (χ1) is 19.2. The zero-order chi connectivity index (χ0) is 26.4. The van der Waals surface area contributed by atoms with Crippen molar-refractivity contribution in [1.29, 1.82) is 0 Å². The van der Waals surface area contributed by atoms with Crippen molar-refractivity contribution in [2.24, 2.45) is 0 Å². The van der Waals surface area contributed by atoms with Gasteiger partial charge in [-0.15, -0.1) is 0 Å². The van der Waals surface area contributed by atoms with Crippen LogP contribution in [0.25, 0.3) is 22.6 Å². The van der Waals surface area contributed by atoms with Crippen molar-refractivity contribution >= 4 is 46.5 Å². The summed E-state index contributed by atoms with van der Waals surface area (Å²) in [7, 11) is 0. The molecular weight excluding hydrogens is 510 g/mol. The van der Waals surface area contributed by atoms with Crippen LogP contribution in [-0.4, -0.2) is 20.1 Å². The Balaban J connectivity index is 1.23. The third kappa shape index (κ3) is 6.03. The Morgan fingerprint density at radius 1 is 0.513 bits per heavy atom. The van der Waals surface area contributed by atoms with Gasteiger partial charge in [0.25, 0.3) is 0 Å². The summed E-state index contributed by atoms with van der Waals surface area (Å²) >= 11 is 6.03. The van der Waals surface area contributed by atoms with E-state index < -0.39 is 0 Å². The molecule has 0 bridgehead atoms. The largest absolute Gasteiger partial charge is 0.356 e. The molecule has 0 aliphatic heterocycles. The van der Waals surface area contributed by atoms with Crippen LogP contribution in [0.4, 0.5) is 34.9 Å². The maximum Gasteiger partial charge on any atom is 0.233 e. The van der Waals surface area contributed by atoms with E-state index in [2.05, 4.69) is 36.1 Å². The minimum atomic E-state index is 0.375. The van der Waals surface area contributed by atoms with E-state index in [-0.39, 0.29) is 0 Å². The summed E-state index contributed by atoms with van der Waals surface area (Å²) in [5.41, 5.74) is 5.13. The lowest BCUT2D eigenvalue weighted by atomic mass is 10.1. The fourth-order valence-electron chi connectivity index (χ4n) is 3.86. The molecule has 0 spiro atoms. The lowest BCUT2D eigenvalue weighted by Gasteiger charge is -2.12. The molecule has 0 fully saturated rings. The molecule has 0 unspecified atom stereocenters. The Bertz CT molecular complexity index is 1670. The molecule has 9 heteroatoms. The Kier molecular flexibility index (Phi) is 6.83. The fraction of sp³-hybridized carbons (Fsp3) is 0. The van der Waals surface area contributed by atoms with Gasteiger partial charge in [0, 0.05) is 39.3 Å². The van der Waals surface area contributed by atoms with Crippen LogP contribution in [0.1, 0.15) is 0 Å². The Morgan fingerprint density at radius 2 is 1.00 bits per heavy atom. The van der Waals surface area contributed by atoms with Crippen molar-refractivity contribution in [3.63, 3.8) is 0 Å². The van der Waals surface area contributed by atoms with Crippen molar-refractivity contribution in [3.05, 3.63) is 120 Å². The number of nitrogens with one attached hydrogen (secondary N) is 3. The quantitative estimate of drug-likeness (QED) is 0.181. The zero-order valence-electron chi connectivity index (χ0n) is 20.5. The van der Waals surface area contributed by atoms with Crippen molar-refractivity contribution in [3.8, 4) is 22.6 Å². The average Bonchev–Trinajstić information content (AvgIpc) is 3.46. The highest BCUT2D eigenvalue weighted by molar-refractivity contribution is 6.30. The highest BCUT2D eigenvalue weighted by atomic mass is 35.5. The number of rotatable bonds is 8. The molecule has 0 aliphatic rings. The molecule has 39 heavy (non-hydrogen) atoms. The van der Waals surface area contributed by atoms with Gasteiger partial charge in [-0.2, -0.15) is 15.0 Å². The summed E-state index contributed by atoms with van der Waals surface area (Å²) in [6, 6.07) is 36.6. The van der Waals surface area contributed by atoms with Crippen molar-refractivity contribution in [1.82, 2.24) is 20.1 Å². The van der Waals surface area contributed by atoms with Gasteiger partial charge in [-0.05, 0) is 48.5 Å². The Morgan fingerprint density at radius 3 is 1.56 bits per heavy atom. The van der Waals surface area contributed by atoms with Crippen LogP contribution >= 0.6 is 11.6 Å². The van der Waals surface area contributed by atoms with Gasteiger partial charge < -0.3 is 20.5 Å². The van der Waals surface area contributed by atoms with Crippen LogP contribution < -0.4 is 16.0 Å². The first-order valence-corrected chi connectivity index (χ1v) is 12.6. The van der Waals surface area contributed by atoms with E-state index >= 15 is 0 Å². The van der Waals surface area contributed by atoms with Crippen LogP contribution in [0.2, 0.25) is 5.02 Å². The monoisotopic (exact) mass is 531 g/mol. The van der Waals surface area contributed by atoms with E-state index in [0.717, 1.165) is 39.6 Å². The molecule has 0 saturated carbocycles. The van der Waals surface area contributed by atoms with E-state index in [9.17, 15) is 0 Å². The molecular formula is C30H22ClN7O. The van der Waals surface area contributed by atoms with E-state index in [1.807, 2.05) is 103 Å². The molecule has 0 atom stereocenters. The van der Waals surface area contributed by atoms with Gasteiger partial charge in [0.05, 0.1) is 0 Å². The second-order valence-electron chi connectivity index (χ2n) is 8.57. The minimum Gasteiger partial charge on any atom is -0.356 e. The highest BCUT2D eigenvalue weighted by Crippen LogP contribution is 2.28. The normalized spacial score (nSPS) is 10.7. The summed E-state index contributed by atoms with van der Waals surface area (Å²) in [6.45, 7) is 0. The third-order valence-corrected chi connectivity index (χ3v) is 6.02. The van der Waals surface area contributed by atoms with E-state index in [4.69, 9.17) is 16.1 Å². The third-order valence-electron chi connectivity index (χ3n) is 5.77. The Hall–Kier alpha value is -5.21. The first-order valence-electron chi connectivity index (χ1n) is 12.2. The zero-order valence-corrected chi connectivity index (χ0v) is 21.3. The average molecular weight is 532 g/mol. The molecule has 0 aliphatic carbocycles. The van der Waals surface area contributed by atoms with E-state index in [1.54, 1.807) is 12.1 Å². The summed E-state index contributed by atoms with van der Waals surface area (Å²) in [5, 5.41) is 14.6. The summed E-state index contributed by atoms with van der Waals surface area (Å²) in [5.74, 6) is 1.86. The summed E-state index contributed by atoms with van der Waals surface area (Å²) in [4.78, 5) is 13.7. The number of anilines is 6. The van der Waals surface area contributed by atoms with Crippen LogP contribution in [0, 0.1) is 0 Å². The minimum absolute atomic E-state index is 0.375. The summed E-state index contributed by atoms with van der Waals surface area (Å²) < 4.78 is 5.55. The molecule has 6 aromatic rings. The van der Waals surface area contributed by atoms with Gasteiger partial charge in [-0.3, -0.25) is 0 Å². The lowest BCUT2D eigenvalue weighted by Crippen LogP contribution is -2.07. The number of nitrogens with zero attached hydrogens (tertiary/aromatic N) is 4. The SMILES string of the molecule is Clc1ccc(Nc2nc(Nc3ccccc3)nc(Nc3ccc(-c4cc(-c5ccccc5)on4)cc3)n2)cc1. The molecule has 190 valence electrons. The number of benzene rings is 4. The predicted octanol–water partition coefficient (Wildman–Crippen LogP) is 8.08. The topological polar surface area (TPSA) is 101 Å². The lowest BCUT2D eigenvalue weighted by molar-refractivity contribution is 0.435. The summed E-state index contributed by atoms with van der Waals surface area (Å²) in [6.07, 6.45) is 0. The van der Waals surface area contributed by atoms with Gasteiger partial charge in [0.1, 0.15) is 5.69 Å². The first kappa shape index (κ1) is 24.1. The smallest absolute Gasteiger partial charge is 0.233 e. The molecule has 0 radical (unpaired) electrons. The number of aromatic nitrogens is 4. The molecule has 3 N–H and O–H groups in total. The maximum absolute atomic E-state index is 6.03. The van der Waals surface area contributed by atoms with E-state index in [1.165, 1.54) is 0 Å². The number of hydrogen-bond acceptors (Lipinski definition) is 8. The number of para-hydroxylation sites is 1. The number of halogens is 1. The second-order valence-corrected chi connectivity index (χ2v) is 9.01. The highest BCUT2D eigenvalue weighted by Gasteiger charge is 2.11. The molecule has 0 saturated heterocycles. The van der Waals surface area contributed by atoms with Crippen molar-refractivity contribution < 1.29 is 4.52 Å². The van der Waals surface area contributed by atoms with Crippen LogP contribution in [-0.2, 0) is 0 Å². The van der Waals surface area contributed by atoms with Gasteiger partial charge in [0.15, 0.2) is 5.76 Å². The van der Waals surface area contributed by atoms with Gasteiger partial charge in [0.2, 0.25) is 17.8 Å². The predicted molar refractivity (Wildman–Crippen MR) is 155 cm³/mol. The number of hydrogen-bond donors (Lipinski definition) is 3. The van der Waals surface area contributed by atoms with E-state index in [0.29, 0.717) is 22.9 Å².